The number of hydrogen-bond donors (Lipinski definition) is 1. The van der Waals surface area contributed by atoms with Crippen molar-refractivity contribution in [3.05, 3.63) is 35.9 Å². The van der Waals surface area contributed by atoms with Gasteiger partial charge >= 0.3 is 0 Å². The first-order chi connectivity index (χ1) is 5.99. The zero-order chi connectivity index (χ0) is 9.90. The third-order valence-corrected chi connectivity index (χ3v) is 1.65. The maximum Gasteiger partial charge on any atom is 0.218 e. The maximum atomic E-state index is 11.6. The lowest BCUT2D eigenvalue weighted by molar-refractivity contribution is -0.893. The van der Waals surface area contributed by atoms with Crippen LogP contribution in [-0.4, -0.2) is 31.0 Å². The molecule has 3 nitrogen and oxygen atoms in total. The first kappa shape index (κ1) is 9.89. The molecule has 0 unspecified atom stereocenters. The van der Waals surface area contributed by atoms with E-state index in [4.69, 9.17) is 5.84 Å². The van der Waals surface area contributed by atoms with E-state index in [0.29, 0.717) is 6.54 Å². The molecule has 0 atom stereocenters. The number of carbonyl (C=O) groups is 1. The minimum Gasteiger partial charge on any atom is -0.288 e. The smallest absolute Gasteiger partial charge is 0.218 e. The summed E-state index contributed by atoms with van der Waals surface area (Å²) in [6, 6.07) is 9.20. The average Bonchev–Trinajstić information content (AvgIpc) is 2.03. The van der Waals surface area contributed by atoms with Gasteiger partial charge in [-0.25, -0.2) is 4.59 Å². The fraction of sp³-hybridized carbons (Fsp3) is 0.300. The Hall–Kier alpha value is -1.19. The van der Waals surface area contributed by atoms with Gasteiger partial charge in [0, 0.05) is 5.56 Å². The van der Waals surface area contributed by atoms with Crippen LogP contribution in [0.3, 0.4) is 0 Å². The zero-order valence-corrected chi connectivity index (χ0v) is 8.03. The van der Waals surface area contributed by atoms with Crippen LogP contribution in [0.1, 0.15) is 10.4 Å². The van der Waals surface area contributed by atoms with Crippen molar-refractivity contribution in [3.8, 4) is 0 Å². The molecule has 0 fully saturated rings. The summed E-state index contributed by atoms with van der Waals surface area (Å²) in [4.78, 5) is 11.6. The summed E-state index contributed by atoms with van der Waals surface area (Å²) in [7, 11) is 3.58. The predicted octanol–water partition coefficient (Wildman–Crippen LogP) is 0.819. The van der Waals surface area contributed by atoms with Gasteiger partial charge in [-0.05, 0) is 0 Å². The van der Waals surface area contributed by atoms with E-state index in [9.17, 15) is 4.79 Å². The van der Waals surface area contributed by atoms with Crippen LogP contribution >= 0.6 is 0 Å². The molecule has 1 aromatic rings. The van der Waals surface area contributed by atoms with E-state index in [1.807, 2.05) is 18.2 Å². The summed E-state index contributed by atoms with van der Waals surface area (Å²) in [6.45, 7) is 0.323. The fourth-order valence-electron chi connectivity index (χ4n) is 1.09. The highest BCUT2D eigenvalue weighted by atomic mass is 16.1. The molecular formula is C10H15N2O+. The van der Waals surface area contributed by atoms with E-state index in [1.165, 1.54) is 0 Å². The van der Waals surface area contributed by atoms with E-state index < -0.39 is 0 Å². The predicted molar refractivity (Wildman–Crippen MR) is 51.9 cm³/mol. The second kappa shape index (κ2) is 3.68. The summed E-state index contributed by atoms with van der Waals surface area (Å²) >= 11 is 0. The van der Waals surface area contributed by atoms with Crippen molar-refractivity contribution in [2.24, 2.45) is 5.84 Å². The van der Waals surface area contributed by atoms with Crippen molar-refractivity contribution in [2.75, 3.05) is 20.6 Å². The molecule has 0 saturated carbocycles. The third kappa shape index (κ3) is 3.36. The zero-order valence-electron chi connectivity index (χ0n) is 8.03. The number of quaternary nitrogens is 1. The van der Waals surface area contributed by atoms with Crippen LogP contribution in [0.2, 0.25) is 0 Å². The number of carbonyl (C=O) groups excluding carboxylic acids is 1. The Balaban J connectivity index is 2.71. The van der Waals surface area contributed by atoms with E-state index in [1.54, 1.807) is 26.2 Å². The highest BCUT2D eigenvalue weighted by molar-refractivity contribution is 5.96. The Morgan fingerprint density at radius 3 is 2.31 bits per heavy atom. The SMILES string of the molecule is C[N+](C)(N)CC(=O)c1ccccc1. The minimum absolute atomic E-state index is 0.0769. The summed E-state index contributed by atoms with van der Waals surface area (Å²) in [5, 5.41) is 0. The van der Waals surface area contributed by atoms with Crippen LogP contribution in [0.15, 0.2) is 30.3 Å². The molecule has 0 amide bonds. The lowest BCUT2D eigenvalue weighted by Crippen LogP contribution is -2.50. The molecular weight excluding hydrogens is 164 g/mol. The van der Waals surface area contributed by atoms with E-state index in [0.717, 1.165) is 5.56 Å². The molecule has 70 valence electrons. The van der Waals surface area contributed by atoms with Gasteiger partial charge in [-0.3, -0.25) is 4.79 Å². The van der Waals surface area contributed by atoms with Crippen molar-refractivity contribution < 1.29 is 9.39 Å². The molecule has 0 saturated heterocycles. The fourth-order valence-corrected chi connectivity index (χ4v) is 1.09. The minimum atomic E-state index is 0.0769. The van der Waals surface area contributed by atoms with Crippen molar-refractivity contribution in [2.45, 2.75) is 0 Å². The molecule has 0 spiro atoms. The highest BCUT2D eigenvalue weighted by Gasteiger charge is 2.16. The monoisotopic (exact) mass is 179 g/mol. The maximum absolute atomic E-state index is 11.6. The Morgan fingerprint density at radius 2 is 1.85 bits per heavy atom. The molecule has 0 aliphatic rings. The number of likely N-dealkylation sites (N-methyl/N-ethyl adjacent to an activating group) is 1. The molecule has 2 N–H and O–H groups in total. The third-order valence-electron chi connectivity index (χ3n) is 1.65. The number of Topliss-reactive ketones (excluding diaryl/α,β-unsaturated/α-hetero) is 1. The van der Waals surface area contributed by atoms with Gasteiger partial charge < -0.3 is 0 Å². The molecule has 0 heterocycles. The Bertz CT molecular complexity index is 288. The van der Waals surface area contributed by atoms with Crippen LogP contribution in [-0.2, 0) is 0 Å². The molecule has 0 aliphatic heterocycles. The molecule has 0 aliphatic carbocycles. The van der Waals surface area contributed by atoms with Crippen LogP contribution in [0, 0.1) is 0 Å². The number of hydrogen-bond acceptors (Lipinski definition) is 2. The van der Waals surface area contributed by atoms with Gasteiger partial charge in [-0.2, -0.15) is 5.84 Å². The van der Waals surface area contributed by atoms with Gasteiger partial charge in [-0.15, -0.1) is 0 Å². The van der Waals surface area contributed by atoms with Gasteiger partial charge in [0.05, 0.1) is 14.1 Å². The topological polar surface area (TPSA) is 43.1 Å². The Morgan fingerprint density at radius 1 is 1.31 bits per heavy atom. The molecule has 3 heteroatoms. The molecule has 0 aromatic heterocycles. The van der Waals surface area contributed by atoms with Gasteiger partial charge in [0.2, 0.25) is 5.78 Å². The second-order valence-electron chi connectivity index (χ2n) is 3.73. The number of rotatable bonds is 3. The van der Waals surface area contributed by atoms with Crippen LogP contribution in [0.4, 0.5) is 0 Å². The van der Waals surface area contributed by atoms with Gasteiger partial charge in [0.25, 0.3) is 0 Å². The van der Waals surface area contributed by atoms with Gasteiger partial charge in [0.1, 0.15) is 0 Å². The molecule has 0 bridgehead atoms. The number of ketones is 1. The first-order valence-corrected chi connectivity index (χ1v) is 4.19. The molecule has 13 heavy (non-hydrogen) atoms. The first-order valence-electron chi connectivity index (χ1n) is 4.19. The molecule has 0 radical (unpaired) electrons. The normalized spacial score (nSPS) is 11.3. The largest absolute Gasteiger partial charge is 0.288 e. The number of nitrogens with two attached hydrogens (primary N) is 1. The summed E-state index contributed by atoms with van der Waals surface area (Å²) < 4.78 is 0.174. The Labute approximate surface area is 78.3 Å². The van der Waals surface area contributed by atoms with Crippen molar-refractivity contribution >= 4 is 5.78 Å². The summed E-state index contributed by atoms with van der Waals surface area (Å²) in [5.41, 5.74) is 0.721. The quantitative estimate of drug-likeness (QED) is 0.323. The van der Waals surface area contributed by atoms with Crippen LogP contribution in [0.25, 0.3) is 0 Å². The van der Waals surface area contributed by atoms with Gasteiger partial charge in [0.15, 0.2) is 6.54 Å². The van der Waals surface area contributed by atoms with Crippen LogP contribution < -0.4 is 5.84 Å². The lowest BCUT2D eigenvalue weighted by atomic mass is 10.1. The number of nitrogens with zero attached hydrogens (tertiary/aromatic N) is 1. The van der Waals surface area contributed by atoms with E-state index >= 15 is 0 Å². The van der Waals surface area contributed by atoms with Gasteiger partial charge in [-0.1, -0.05) is 30.3 Å². The van der Waals surface area contributed by atoms with E-state index in [2.05, 4.69) is 0 Å². The van der Waals surface area contributed by atoms with E-state index in [-0.39, 0.29) is 10.4 Å². The average molecular weight is 179 g/mol. The molecule has 1 aromatic carbocycles. The van der Waals surface area contributed by atoms with Crippen LogP contribution in [0.5, 0.6) is 0 Å². The lowest BCUT2D eigenvalue weighted by Gasteiger charge is -2.20. The van der Waals surface area contributed by atoms with Crippen molar-refractivity contribution in [1.29, 1.82) is 0 Å². The summed E-state index contributed by atoms with van der Waals surface area (Å²) in [5.74, 6) is 5.77. The summed E-state index contributed by atoms with van der Waals surface area (Å²) in [6.07, 6.45) is 0. The second-order valence-corrected chi connectivity index (χ2v) is 3.73. The number of benzene rings is 1. The molecule has 1 rings (SSSR count). The van der Waals surface area contributed by atoms with Crippen molar-refractivity contribution in [3.63, 3.8) is 0 Å². The highest BCUT2D eigenvalue weighted by Crippen LogP contribution is 2.01. The Kier molecular flexibility index (Phi) is 2.80. The van der Waals surface area contributed by atoms with Crippen molar-refractivity contribution in [1.82, 2.24) is 0 Å². The standard InChI is InChI=1S/C10H15N2O/c1-12(2,11)8-10(13)9-6-4-3-5-7-9/h3-7H,8,11H2,1-2H3/q+1.